The number of carbonyl (C=O) groups excluding carboxylic acids is 2. The molecule has 0 bridgehead atoms. The summed E-state index contributed by atoms with van der Waals surface area (Å²) in [6, 6.07) is 0. The summed E-state index contributed by atoms with van der Waals surface area (Å²) in [5, 5.41) is 2.79. The van der Waals surface area contributed by atoms with E-state index in [1.165, 1.54) is 0 Å². The third-order valence-corrected chi connectivity index (χ3v) is 2.82. The van der Waals surface area contributed by atoms with Gasteiger partial charge in [0.2, 0.25) is 11.8 Å². The number of carbonyl (C=O) groups is 2. The molecule has 1 rings (SSSR count). The number of nitrogens with two attached hydrogens (primary N) is 1. The van der Waals surface area contributed by atoms with Crippen molar-refractivity contribution in [1.29, 1.82) is 0 Å². The second-order valence-corrected chi connectivity index (χ2v) is 4.37. The molecule has 0 radical (unpaired) electrons. The summed E-state index contributed by atoms with van der Waals surface area (Å²) in [7, 11) is 1.77. The van der Waals surface area contributed by atoms with Crippen molar-refractivity contribution in [1.82, 2.24) is 15.1 Å². The van der Waals surface area contributed by atoms with Crippen molar-refractivity contribution in [3.63, 3.8) is 0 Å². The molecule has 0 atom stereocenters. The van der Waals surface area contributed by atoms with Crippen LogP contribution < -0.4 is 11.1 Å². The van der Waals surface area contributed by atoms with Crippen molar-refractivity contribution in [3.8, 4) is 0 Å². The van der Waals surface area contributed by atoms with Crippen molar-refractivity contribution < 1.29 is 9.59 Å². The quantitative estimate of drug-likeness (QED) is 0.622. The van der Waals surface area contributed by atoms with E-state index < -0.39 is 0 Å². The molecule has 0 aliphatic carbocycles. The standard InChI is InChI=1S/C11H22N4O2/c1-14(6-2-4-12)11(17)9-15-7-3-5-13-10(16)8-15/h2-9,12H2,1H3,(H,13,16). The van der Waals surface area contributed by atoms with Gasteiger partial charge in [-0.25, -0.2) is 0 Å². The number of amides is 2. The van der Waals surface area contributed by atoms with Crippen LogP contribution in [0.2, 0.25) is 0 Å². The van der Waals surface area contributed by atoms with Crippen LogP contribution in [-0.2, 0) is 9.59 Å². The largest absolute Gasteiger partial charge is 0.355 e. The highest BCUT2D eigenvalue weighted by atomic mass is 16.2. The van der Waals surface area contributed by atoms with E-state index in [0.717, 1.165) is 19.4 Å². The van der Waals surface area contributed by atoms with E-state index in [1.807, 2.05) is 4.90 Å². The monoisotopic (exact) mass is 242 g/mol. The van der Waals surface area contributed by atoms with Gasteiger partial charge in [-0.1, -0.05) is 0 Å². The summed E-state index contributed by atoms with van der Waals surface area (Å²) in [4.78, 5) is 26.7. The molecule has 1 fully saturated rings. The number of nitrogens with one attached hydrogen (secondary N) is 1. The minimum absolute atomic E-state index is 0.0000822. The topological polar surface area (TPSA) is 78.7 Å². The second kappa shape index (κ2) is 7.24. The van der Waals surface area contributed by atoms with Crippen molar-refractivity contribution in [2.75, 3.05) is 46.3 Å². The van der Waals surface area contributed by atoms with Gasteiger partial charge < -0.3 is 16.0 Å². The van der Waals surface area contributed by atoms with Gasteiger partial charge in [0.15, 0.2) is 0 Å². The lowest BCUT2D eigenvalue weighted by Crippen LogP contribution is -2.41. The first kappa shape index (κ1) is 13.9. The first-order chi connectivity index (χ1) is 8.13. The molecule has 1 heterocycles. The van der Waals surface area contributed by atoms with Crippen LogP contribution in [0.25, 0.3) is 0 Å². The maximum Gasteiger partial charge on any atom is 0.236 e. The van der Waals surface area contributed by atoms with Gasteiger partial charge in [0.05, 0.1) is 13.1 Å². The molecule has 98 valence electrons. The number of hydrogen-bond acceptors (Lipinski definition) is 4. The van der Waals surface area contributed by atoms with E-state index in [4.69, 9.17) is 5.73 Å². The molecule has 2 amide bonds. The fourth-order valence-electron chi connectivity index (χ4n) is 1.77. The molecule has 0 saturated carbocycles. The summed E-state index contributed by atoms with van der Waals surface area (Å²) in [6.07, 6.45) is 1.70. The summed E-state index contributed by atoms with van der Waals surface area (Å²) in [5.41, 5.74) is 5.40. The van der Waals surface area contributed by atoms with E-state index in [0.29, 0.717) is 32.7 Å². The number of hydrogen-bond donors (Lipinski definition) is 2. The molecule has 3 N–H and O–H groups in total. The van der Waals surface area contributed by atoms with Gasteiger partial charge in [-0.2, -0.15) is 0 Å². The zero-order valence-electron chi connectivity index (χ0n) is 10.4. The Balaban J connectivity index is 2.35. The van der Waals surface area contributed by atoms with Gasteiger partial charge in [0.25, 0.3) is 0 Å². The average Bonchev–Trinajstić information content (AvgIpc) is 2.50. The molecule has 1 saturated heterocycles. The van der Waals surface area contributed by atoms with Crippen LogP contribution in [0, 0.1) is 0 Å². The SMILES string of the molecule is CN(CCCN)C(=O)CN1CCCNC(=O)C1. The fraction of sp³-hybridized carbons (Fsp3) is 0.818. The van der Waals surface area contributed by atoms with Crippen LogP contribution in [0.3, 0.4) is 0 Å². The summed E-state index contributed by atoms with van der Waals surface area (Å²) in [5.74, 6) is 0.0491. The lowest BCUT2D eigenvalue weighted by molar-refractivity contribution is -0.131. The highest BCUT2D eigenvalue weighted by Crippen LogP contribution is 1.98. The first-order valence-corrected chi connectivity index (χ1v) is 6.06. The van der Waals surface area contributed by atoms with E-state index in [1.54, 1.807) is 11.9 Å². The minimum atomic E-state index is -0.0000822. The van der Waals surface area contributed by atoms with Gasteiger partial charge in [-0.15, -0.1) is 0 Å². The Morgan fingerprint density at radius 2 is 2.35 bits per heavy atom. The molecule has 0 spiro atoms. The Morgan fingerprint density at radius 1 is 1.59 bits per heavy atom. The summed E-state index contributed by atoms with van der Waals surface area (Å²) in [6.45, 7) is 3.38. The first-order valence-electron chi connectivity index (χ1n) is 6.06. The average molecular weight is 242 g/mol. The summed E-state index contributed by atoms with van der Waals surface area (Å²) < 4.78 is 0. The molecule has 0 aromatic heterocycles. The van der Waals surface area contributed by atoms with Crippen molar-refractivity contribution in [2.45, 2.75) is 12.8 Å². The van der Waals surface area contributed by atoms with Crippen LogP contribution in [0.4, 0.5) is 0 Å². The fourth-order valence-corrected chi connectivity index (χ4v) is 1.77. The van der Waals surface area contributed by atoms with Crippen LogP contribution in [-0.4, -0.2) is 67.9 Å². The molecule has 0 unspecified atom stereocenters. The van der Waals surface area contributed by atoms with E-state index in [-0.39, 0.29) is 11.8 Å². The van der Waals surface area contributed by atoms with E-state index in [9.17, 15) is 9.59 Å². The van der Waals surface area contributed by atoms with Crippen molar-refractivity contribution >= 4 is 11.8 Å². The third-order valence-electron chi connectivity index (χ3n) is 2.82. The Labute approximate surface area is 102 Å². The van der Waals surface area contributed by atoms with Crippen LogP contribution >= 0.6 is 0 Å². The van der Waals surface area contributed by atoms with Crippen LogP contribution in [0.5, 0.6) is 0 Å². The zero-order valence-corrected chi connectivity index (χ0v) is 10.4. The molecule has 17 heavy (non-hydrogen) atoms. The van der Waals surface area contributed by atoms with Crippen LogP contribution in [0.1, 0.15) is 12.8 Å². The summed E-state index contributed by atoms with van der Waals surface area (Å²) >= 11 is 0. The maximum absolute atomic E-state index is 11.8. The molecule has 1 aliphatic rings. The highest BCUT2D eigenvalue weighted by Gasteiger charge is 2.18. The Bertz CT molecular complexity index is 270. The number of likely N-dealkylation sites (N-methyl/N-ethyl adjacent to an activating group) is 1. The molecule has 6 nitrogen and oxygen atoms in total. The second-order valence-electron chi connectivity index (χ2n) is 4.37. The van der Waals surface area contributed by atoms with Gasteiger partial charge in [0.1, 0.15) is 0 Å². The van der Waals surface area contributed by atoms with Gasteiger partial charge in [-0.3, -0.25) is 14.5 Å². The van der Waals surface area contributed by atoms with Gasteiger partial charge in [0, 0.05) is 26.7 Å². The van der Waals surface area contributed by atoms with Crippen molar-refractivity contribution in [2.24, 2.45) is 5.73 Å². The number of rotatable bonds is 5. The minimum Gasteiger partial charge on any atom is -0.355 e. The predicted molar refractivity (Wildman–Crippen MR) is 65.4 cm³/mol. The highest BCUT2D eigenvalue weighted by molar-refractivity contribution is 5.81. The lowest BCUT2D eigenvalue weighted by atomic mass is 10.3. The molecular weight excluding hydrogens is 220 g/mol. The molecule has 0 aromatic carbocycles. The maximum atomic E-state index is 11.8. The van der Waals surface area contributed by atoms with Gasteiger partial charge in [-0.05, 0) is 19.4 Å². The Kier molecular flexibility index (Phi) is 5.93. The van der Waals surface area contributed by atoms with E-state index in [2.05, 4.69) is 5.32 Å². The van der Waals surface area contributed by atoms with Crippen molar-refractivity contribution in [3.05, 3.63) is 0 Å². The lowest BCUT2D eigenvalue weighted by Gasteiger charge is -2.22. The number of nitrogens with zero attached hydrogens (tertiary/aromatic N) is 2. The molecule has 0 aromatic rings. The Morgan fingerprint density at radius 3 is 3.06 bits per heavy atom. The Hall–Kier alpha value is -1.14. The van der Waals surface area contributed by atoms with Gasteiger partial charge >= 0.3 is 0 Å². The third kappa shape index (κ3) is 5.14. The van der Waals surface area contributed by atoms with Crippen LogP contribution in [0.15, 0.2) is 0 Å². The normalized spacial score (nSPS) is 17.4. The smallest absolute Gasteiger partial charge is 0.236 e. The zero-order chi connectivity index (χ0) is 12.7. The molecular formula is C11H22N4O2. The van der Waals surface area contributed by atoms with E-state index >= 15 is 0 Å². The molecule has 6 heteroatoms. The predicted octanol–water partition coefficient (Wildman–Crippen LogP) is -1.38. The molecule has 1 aliphatic heterocycles.